The third kappa shape index (κ3) is 5.40. The fourth-order valence-electron chi connectivity index (χ4n) is 4.98. The fraction of sp³-hybridized carbons (Fsp3) is 0.464. The number of fused-ring (bicyclic) bond motifs is 1. The summed E-state index contributed by atoms with van der Waals surface area (Å²) in [5.74, 6) is 2.61. The van der Waals surface area contributed by atoms with E-state index >= 15 is 0 Å². The molecule has 1 aliphatic rings. The molecule has 0 saturated heterocycles. The lowest BCUT2D eigenvalue weighted by Gasteiger charge is -2.30. The van der Waals surface area contributed by atoms with Gasteiger partial charge in [-0.1, -0.05) is 51.1 Å². The van der Waals surface area contributed by atoms with Crippen LogP contribution in [0.3, 0.4) is 0 Å². The molecule has 0 amide bonds. The highest BCUT2D eigenvalue weighted by Crippen LogP contribution is 2.37. The highest BCUT2D eigenvalue weighted by atomic mass is 32.2. The molecular weight excluding hydrogens is 460 g/mol. The number of benzene rings is 2. The van der Waals surface area contributed by atoms with Crippen LogP contribution < -0.4 is 9.46 Å². The molecule has 0 bridgehead atoms. The molecule has 0 fully saturated rings. The summed E-state index contributed by atoms with van der Waals surface area (Å²) in [6, 6.07) is 13.8. The van der Waals surface area contributed by atoms with Crippen molar-refractivity contribution in [3.8, 4) is 5.75 Å². The van der Waals surface area contributed by atoms with Gasteiger partial charge in [0, 0.05) is 11.0 Å². The summed E-state index contributed by atoms with van der Waals surface area (Å²) in [6.07, 6.45) is 2.89. The molecule has 1 heterocycles. The Kier molecular flexibility index (Phi) is 7.00. The van der Waals surface area contributed by atoms with Crippen LogP contribution in [0.1, 0.15) is 75.0 Å². The van der Waals surface area contributed by atoms with Crippen molar-refractivity contribution in [3.05, 3.63) is 70.5 Å². The Balaban J connectivity index is 1.53. The zero-order valence-electron chi connectivity index (χ0n) is 21.5. The normalized spacial score (nSPS) is 17.0. The van der Waals surface area contributed by atoms with Crippen molar-refractivity contribution in [2.45, 2.75) is 77.0 Å². The maximum absolute atomic E-state index is 13.2. The van der Waals surface area contributed by atoms with Crippen LogP contribution in [0.4, 0.5) is 5.82 Å². The first-order chi connectivity index (χ1) is 16.5. The second-order valence-electron chi connectivity index (χ2n) is 10.6. The van der Waals surface area contributed by atoms with Gasteiger partial charge < -0.3 is 9.26 Å². The molecule has 1 unspecified atom stereocenters. The maximum Gasteiger partial charge on any atom is 0.263 e. The molecule has 1 aliphatic carbocycles. The van der Waals surface area contributed by atoms with Crippen molar-refractivity contribution in [3.63, 3.8) is 0 Å². The molecular formula is C28H36N2O4S. The van der Waals surface area contributed by atoms with Gasteiger partial charge in [0.05, 0.1) is 11.5 Å². The van der Waals surface area contributed by atoms with E-state index in [2.05, 4.69) is 28.9 Å². The number of hydrogen-bond donors (Lipinski definition) is 1. The number of nitrogens with one attached hydrogen (secondary N) is 1. The molecule has 3 aromatic rings. The molecule has 35 heavy (non-hydrogen) atoms. The monoisotopic (exact) mass is 496 g/mol. The van der Waals surface area contributed by atoms with Crippen LogP contribution in [0.15, 0.2) is 51.9 Å². The molecule has 0 aliphatic heterocycles. The van der Waals surface area contributed by atoms with E-state index < -0.39 is 10.0 Å². The summed E-state index contributed by atoms with van der Waals surface area (Å²) in [7, 11) is -3.79. The second-order valence-corrected chi connectivity index (χ2v) is 12.2. The van der Waals surface area contributed by atoms with Crippen LogP contribution in [0.25, 0.3) is 0 Å². The van der Waals surface area contributed by atoms with Crippen LogP contribution in [-0.4, -0.2) is 20.2 Å². The molecule has 1 N–H and O–H groups in total. The predicted molar refractivity (Wildman–Crippen MR) is 139 cm³/mol. The van der Waals surface area contributed by atoms with E-state index in [-0.39, 0.29) is 16.1 Å². The maximum atomic E-state index is 13.2. The smallest absolute Gasteiger partial charge is 0.263 e. The summed E-state index contributed by atoms with van der Waals surface area (Å²) in [4.78, 5) is 0.255. The molecule has 188 valence electrons. The number of ether oxygens (including phenoxy) is 1. The first-order valence-electron chi connectivity index (χ1n) is 12.3. The third-order valence-corrected chi connectivity index (χ3v) is 8.35. The Bertz CT molecular complexity index is 1290. The quantitative estimate of drug-likeness (QED) is 0.410. The van der Waals surface area contributed by atoms with Gasteiger partial charge in [0.1, 0.15) is 11.5 Å². The lowest BCUT2D eigenvalue weighted by molar-refractivity contribution is 0.329. The van der Waals surface area contributed by atoms with Gasteiger partial charge in [0.2, 0.25) is 0 Å². The minimum absolute atomic E-state index is 0.245. The van der Waals surface area contributed by atoms with Gasteiger partial charge in [-0.15, -0.1) is 0 Å². The number of sulfonamides is 1. The molecule has 2 aromatic carbocycles. The molecule has 0 spiro atoms. The minimum atomic E-state index is -3.79. The lowest BCUT2D eigenvalue weighted by atomic mass is 9.75. The van der Waals surface area contributed by atoms with Crippen LogP contribution >= 0.6 is 0 Å². The molecule has 1 aromatic heterocycles. The van der Waals surface area contributed by atoms with Gasteiger partial charge in [0.15, 0.2) is 5.82 Å². The third-order valence-electron chi connectivity index (χ3n) is 7.01. The van der Waals surface area contributed by atoms with E-state index in [1.807, 2.05) is 58.9 Å². The zero-order valence-corrected chi connectivity index (χ0v) is 22.3. The molecule has 7 heteroatoms. The van der Waals surface area contributed by atoms with Crippen molar-refractivity contribution < 1.29 is 17.7 Å². The van der Waals surface area contributed by atoms with E-state index in [4.69, 9.17) is 9.26 Å². The molecule has 2 atom stereocenters. The molecule has 0 saturated carbocycles. The molecule has 6 nitrogen and oxygen atoms in total. The highest BCUT2D eigenvalue weighted by molar-refractivity contribution is 7.92. The van der Waals surface area contributed by atoms with Gasteiger partial charge >= 0.3 is 0 Å². The Morgan fingerprint density at radius 1 is 1.14 bits per heavy atom. The number of nitrogens with zero attached hydrogens (tertiary/aromatic N) is 1. The number of aryl methyl sites for hydroxylation is 1. The van der Waals surface area contributed by atoms with Crippen molar-refractivity contribution >= 4 is 15.8 Å². The average molecular weight is 497 g/mol. The lowest BCUT2D eigenvalue weighted by Crippen LogP contribution is -2.21. The van der Waals surface area contributed by atoms with E-state index in [0.717, 1.165) is 30.6 Å². The topological polar surface area (TPSA) is 81.4 Å². The highest BCUT2D eigenvalue weighted by Gasteiger charge is 2.29. The molecule has 0 radical (unpaired) electrons. The minimum Gasteiger partial charge on any atom is -0.494 e. The predicted octanol–water partition coefficient (Wildman–Crippen LogP) is 6.39. The van der Waals surface area contributed by atoms with Crippen LogP contribution in [0.2, 0.25) is 0 Å². The zero-order chi connectivity index (χ0) is 25.4. The van der Waals surface area contributed by atoms with Gasteiger partial charge in [-0.3, -0.25) is 4.72 Å². The van der Waals surface area contributed by atoms with Crippen molar-refractivity contribution in [2.24, 2.45) is 5.92 Å². The number of anilines is 1. The second kappa shape index (κ2) is 9.69. The van der Waals surface area contributed by atoms with Crippen molar-refractivity contribution in [1.82, 2.24) is 5.16 Å². The summed E-state index contributed by atoms with van der Waals surface area (Å²) in [6.45, 7) is 12.7. The standard InChI is InChI=1S/C28H36N2O4S/c1-7-33-24-13-10-20(11-14-24)18(2)22-9-8-21-12-15-25(17-23(21)16-22)35(31,32)30-27-19(3)26(34-29-27)28(4,5)6/h10-15,17-18,22H,7-9,16H2,1-6H3,(H,29,30)/t18-,22?/m1/s1. The summed E-state index contributed by atoms with van der Waals surface area (Å²) < 4.78 is 40.1. The number of hydrogen-bond acceptors (Lipinski definition) is 5. The van der Waals surface area contributed by atoms with Crippen molar-refractivity contribution in [2.75, 3.05) is 11.3 Å². The Hall–Kier alpha value is -2.80. The Labute approximate surface area is 209 Å². The number of rotatable bonds is 7. The van der Waals surface area contributed by atoms with Gasteiger partial charge in [-0.25, -0.2) is 8.42 Å². The van der Waals surface area contributed by atoms with Crippen LogP contribution in [-0.2, 0) is 28.3 Å². The summed E-state index contributed by atoms with van der Waals surface area (Å²) in [5, 5.41) is 3.99. The van der Waals surface area contributed by atoms with E-state index in [0.29, 0.717) is 29.8 Å². The number of aromatic nitrogens is 1. The van der Waals surface area contributed by atoms with E-state index in [1.54, 1.807) is 6.07 Å². The van der Waals surface area contributed by atoms with E-state index in [9.17, 15) is 8.42 Å². The van der Waals surface area contributed by atoms with Crippen molar-refractivity contribution in [1.29, 1.82) is 0 Å². The van der Waals surface area contributed by atoms with E-state index in [1.165, 1.54) is 11.1 Å². The average Bonchev–Trinajstić information content (AvgIpc) is 3.18. The van der Waals surface area contributed by atoms with Gasteiger partial charge in [-0.05, 0) is 85.9 Å². The first kappa shape index (κ1) is 25.3. The Morgan fingerprint density at radius 2 is 1.86 bits per heavy atom. The van der Waals surface area contributed by atoms with Gasteiger partial charge in [0.25, 0.3) is 10.0 Å². The van der Waals surface area contributed by atoms with Crippen LogP contribution in [0, 0.1) is 12.8 Å². The SMILES string of the molecule is CCOc1ccc([C@@H](C)C2CCc3ccc(S(=O)(=O)Nc4noc(C(C)(C)C)c4C)cc3C2)cc1. The van der Waals surface area contributed by atoms with Gasteiger partial charge in [-0.2, -0.15) is 0 Å². The first-order valence-corrected chi connectivity index (χ1v) is 13.8. The molecule has 4 rings (SSSR count). The largest absolute Gasteiger partial charge is 0.494 e. The van der Waals surface area contributed by atoms with Crippen LogP contribution in [0.5, 0.6) is 5.75 Å². The Morgan fingerprint density at radius 3 is 2.49 bits per heavy atom. The summed E-state index contributed by atoms with van der Waals surface area (Å²) in [5.41, 5.74) is 4.06. The summed E-state index contributed by atoms with van der Waals surface area (Å²) >= 11 is 0. The fourth-order valence-corrected chi connectivity index (χ4v) is 6.09.